The number of aliphatic hydroxyl groups is 1. The van der Waals surface area contributed by atoms with Gasteiger partial charge in [0.1, 0.15) is 12.2 Å². The molecule has 0 bridgehead atoms. The number of aliphatic hydroxyl groups excluding tert-OH is 1. The van der Waals surface area contributed by atoms with E-state index in [4.69, 9.17) is 9.47 Å². The number of rotatable bonds is 8. The summed E-state index contributed by atoms with van der Waals surface area (Å²) < 4.78 is 10.7. The molecule has 2 amide bonds. The Hall–Kier alpha value is -2.32. The van der Waals surface area contributed by atoms with E-state index in [9.17, 15) is 14.7 Å². The topological polar surface area (TPSA) is 91.3 Å². The lowest BCUT2D eigenvalue weighted by molar-refractivity contribution is 0.000504. The molecule has 1 heterocycles. The predicted octanol–water partition coefficient (Wildman–Crippen LogP) is 2.61. The molecular formula is C22H35N3O5. The summed E-state index contributed by atoms with van der Waals surface area (Å²) in [6, 6.07) is 9.61. The van der Waals surface area contributed by atoms with Crippen molar-refractivity contribution in [2.24, 2.45) is 0 Å². The minimum Gasteiger partial charge on any atom is -0.445 e. The smallest absolute Gasteiger partial charge is 0.410 e. The number of carbonyl (C=O) groups is 2. The van der Waals surface area contributed by atoms with Crippen LogP contribution < -0.4 is 5.32 Å². The van der Waals surface area contributed by atoms with Crippen molar-refractivity contribution in [3.05, 3.63) is 35.9 Å². The molecule has 0 saturated carbocycles. The molecule has 1 fully saturated rings. The number of hydrogen-bond donors (Lipinski definition) is 2. The summed E-state index contributed by atoms with van der Waals surface area (Å²) in [7, 11) is 0. The summed E-state index contributed by atoms with van der Waals surface area (Å²) in [6.07, 6.45) is 0.606. The molecule has 0 radical (unpaired) electrons. The Balaban J connectivity index is 1.70. The Bertz CT molecular complexity index is 662. The fraction of sp³-hybridized carbons (Fsp3) is 0.636. The predicted molar refractivity (Wildman–Crippen MR) is 114 cm³/mol. The number of nitrogens with one attached hydrogen (secondary N) is 1. The van der Waals surface area contributed by atoms with Gasteiger partial charge in [0.25, 0.3) is 0 Å². The van der Waals surface area contributed by atoms with Crippen LogP contribution in [0.4, 0.5) is 9.59 Å². The second-order valence-corrected chi connectivity index (χ2v) is 8.47. The van der Waals surface area contributed by atoms with Crippen LogP contribution in [-0.2, 0) is 16.1 Å². The van der Waals surface area contributed by atoms with E-state index in [-0.39, 0.29) is 25.3 Å². The van der Waals surface area contributed by atoms with E-state index in [1.165, 1.54) is 0 Å². The highest BCUT2D eigenvalue weighted by molar-refractivity contribution is 5.68. The van der Waals surface area contributed by atoms with Crippen LogP contribution in [0.15, 0.2) is 30.3 Å². The van der Waals surface area contributed by atoms with Crippen molar-refractivity contribution < 1.29 is 24.2 Å². The third-order valence-corrected chi connectivity index (χ3v) is 4.82. The molecule has 0 aromatic heterocycles. The van der Waals surface area contributed by atoms with E-state index in [0.29, 0.717) is 32.6 Å². The fourth-order valence-corrected chi connectivity index (χ4v) is 3.35. The van der Waals surface area contributed by atoms with Crippen molar-refractivity contribution in [3.8, 4) is 0 Å². The number of amides is 2. The van der Waals surface area contributed by atoms with Crippen LogP contribution in [0.1, 0.15) is 39.2 Å². The first-order chi connectivity index (χ1) is 14.3. The standard InChI is InChI=1S/C22H35N3O5/c1-22(2,3)30-21(28)25-14-13-24(19(16-25)10-15-26)12-7-11-23-20(27)29-17-18-8-5-4-6-9-18/h4-6,8-9,19,26H,7,10-17H2,1-3H3,(H,23,27). The number of piperazine rings is 1. The van der Waals surface area contributed by atoms with E-state index in [1.54, 1.807) is 4.90 Å². The van der Waals surface area contributed by atoms with Gasteiger partial charge in [-0.05, 0) is 39.2 Å². The minimum atomic E-state index is -0.526. The second-order valence-electron chi connectivity index (χ2n) is 8.47. The normalized spacial score (nSPS) is 17.5. The molecule has 1 aromatic carbocycles. The average Bonchev–Trinajstić information content (AvgIpc) is 2.70. The molecule has 1 aromatic rings. The molecule has 0 aliphatic carbocycles. The van der Waals surface area contributed by atoms with Gasteiger partial charge in [0.15, 0.2) is 0 Å². The van der Waals surface area contributed by atoms with E-state index in [1.807, 2.05) is 51.1 Å². The average molecular weight is 422 g/mol. The van der Waals surface area contributed by atoms with Crippen LogP contribution in [0.25, 0.3) is 0 Å². The number of carbonyl (C=O) groups excluding carboxylic acids is 2. The third kappa shape index (κ3) is 8.59. The molecule has 1 atom stereocenters. The van der Waals surface area contributed by atoms with Crippen LogP contribution in [0.3, 0.4) is 0 Å². The minimum absolute atomic E-state index is 0.0629. The number of hydrogen-bond acceptors (Lipinski definition) is 6. The third-order valence-electron chi connectivity index (χ3n) is 4.82. The van der Waals surface area contributed by atoms with Crippen molar-refractivity contribution in [2.45, 2.75) is 51.9 Å². The molecule has 2 rings (SSSR count). The van der Waals surface area contributed by atoms with Gasteiger partial charge in [0.2, 0.25) is 0 Å². The monoisotopic (exact) mass is 421 g/mol. The second kappa shape index (κ2) is 11.8. The highest BCUT2D eigenvalue weighted by Gasteiger charge is 2.31. The maximum absolute atomic E-state index is 12.3. The number of ether oxygens (including phenoxy) is 2. The van der Waals surface area contributed by atoms with Crippen LogP contribution in [-0.4, -0.2) is 78.1 Å². The van der Waals surface area contributed by atoms with Gasteiger partial charge < -0.3 is 24.8 Å². The molecular weight excluding hydrogens is 386 g/mol. The highest BCUT2D eigenvalue weighted by atomic mass is 16.6. The quantitative estimate of drug-likeness (QED) is 0.627. The molecule has 1 unspecified atom stereocenters. The molecule has 2 N–H and O–H groups in total. The van der Waals surface area contributed by atoms with Crippen LogP contribution in [0.2, 0.25) is 0 Å². The van der Waals surface area contributed by atoms with Crippen LogP contribution >= 0.6 is 0 Å². The first-order valence-corrected chi connectivity index (χ1v) is 10.6. The Kier molecular flexibility index (Phi) is 9.39. The first-order valence-electron chi connectivity index (χ1n) is 10.6. The number of benzene rings is 1. The Morgan fingerprint density at radius 2 is 1.93 bits per heavy atom. The molecule has 168 valence electrons. The Morgan fingerprint density at radius 3 is 2.60 bits per heavy atom. The fourth-order valence-electron chi connectivity index (χ4n) is 3.35. The SMILES string of the molecule is CC(C)(C)OC(=O)N1CCN(CCCNC(=O)OCc2ccccc2)C(CCO)C1. The van der Waals surface area contributed by atoms with Gasteiger partial charge in [-0.25, -0.2) is 9.59 Å². The van der Waals surface area contributed by atoms with Crippen molar-refractivity contribution in [3.63, 3.8) is 0 Å². The van der Waals surface area contributed by atoms with E-state index in [0.717, 1.165) is 18.5 Å². The lowest BCUT2D eigenvalue weighted by Gasteiger charge is -2.41. The lowest BCUT2D eigenvalue weighted by Crippen LogP contribution is -2.56. The van der Waals surface area contributed by atoms with Crippen LogP contribution in [0, 0.1) is 0 Å². The maximum atomic E-state index is 12.3. The summed E-state index contributed by atoms with van der Waals surface area (Å²) in [5, 5.41) is 12.2. The summed E-state index contributed by atoms with van der Waals surface area (Å²) >= 11 is 0. The number of alkyl carbamates (subject to hydrolysis) is 1. The van der Waals surface area contributed by atoms with Gasteiger partial charge in [0.05, 0.1) is 0 Å². The summed E-state index contributed by atoms with van der Waals surface area (Å²) in [5.74, 6) is 0. The van der Waals surface area contributed by atoms with E-state index >= 15 is 0 Å². The summed E-state index contributed by atoms with van der Waals surface area (Å²) in [6.45, 7) is 8.97. The van der Waals surface area contributed by atoms with Crippen molar-refractivity contribution in [1.29, 1.82) is 0 Å². The van der Waals surface area contributed by atoms with Gasteiger partial charge in [-0.1, -0.05) is 30.3 Å². The summed E-state index contributed by atoms with van der Waals surface area (Å²) in [5.41, 5.74) is 0.420. The van der Waals surface area contributed by atoms with Gasteiger partial charge in [-0.2, -0.15) is 0 Å². The Labute approximate surface area is 179 Å². The highest BCUT2D eigenvalue weighted by Crippen LogP contribution is 2.17. The molecule has 1 aliphatic heterocycles. The molecule has 8 heteroatoms. The number of nitrogens with zero attached hydrogens (tertiary/aromatic N) is 2. The Morgan fingerprint density at radius 1 is 1.20 bits per heavy atom. The molecule has 1 saturated heterocycles. The van der Waals surface area contributed by atoms with Crippen molar-refractivity contribution >= 4 is 12.2 Å². The van der Waals surface area contributed by atoms with Crippen LogP contribution in [0.5, 0.6) is 0 Å². The maximum Gasteiger partial charge on any atom is 0.410 e. The summed E-state index contributed by atoms with van der Waals surface area (Å²) in [4.78, 5) is 28.1. The van der Waals surface area contributed by atoms with Gasteiger partial charge in [-0.3, -0.25) is 4.90 Å². The van der Waals surface area contributed by atoms with E-state index in [2.05, 4.69) is 10.2 Å². The van der Waals surface area contributed by atoms with Gasteiger partial charge in [0, 0.05) is 45.4 Å². The van der Waals surface area contributed by atoms with Gasteiger partial charge in [-0.15, -0.1) is 0 Å². The zero-order chi connectivity index (χ0) is 22.0. The molecule has 8 nitrogen and oxygen atoms in total. The van der Waals surface area contributed by atoms with Crippen molar-refractivity contribution in [2.75, 3.05) is 39.3 Å². The molecule has 30 heavy (non-hydrogen) atoms. The van der Waals surface area contributed by atoms with Crippen molar-refractivity contribution in [1.82, 2.24) is 15.1 Å². The van der Waals surface area contributed by atoms with Gasteiger partial charge >= 0.3 is 12.2 Å². The molecule has 1 aliphatic rings. The zero-order valence-corrected chi connectivity index (χ0v) is 18.3. The largest absolute Gasteiger partial charge is 0.445 e. The molecule has 0 spiro atoms. The van der Waals surface area contributed by atoms with E-state index < -0.39 is 11.7 Å². The first kappa shape index (κ1) is 24.0. The zero-order valence-electron chi connectivity index (χ0n) is 18.3. The lowest BCUT2D eigenvalue weighted by atomic mass is 10.1.